The van der Waals surface area contributed by atoms with Gasteiger partial charge in [-0.1, -0.05) is 44.2 Å². The highest BCUT2D eigenvalue weighted by Gasteiger charge is 2.34. The zero-order valence-corrected chi connectivity index (χ0v) is 25.9. The van der Waals surface area contributed by atoms with Gasteiger partial charge in [0.1, 0.15) is 30.3 Å². The van der Waals surface area contributed by atoms with Gasteiger partial charge in [0.05, 0.1) is 19.1 Å². The molecule has 5 amide bonds. The molecule has 0 bridgehead atoms. The van der Waals surface area contributed by atoms with Crippen LogP contribution in [0.5, 0.6) is 0 Å². The predicted molar refractivity (Wildman–Crippen MR) is 157 cm³/mol. The number of benzene rings is 1. The summed E-state index contributed by atoms with van der Waals surface area (Å²) in [6, 6.07) is 2.86. The van der Waals surface area contributed by atoms with Crippen LogP contribution in [0.3, 0.4) is 0 Å². The molecule has 5 atom stereocenters. The number of carbonyl (C=O) groups excluding carboxylic acids is 6. The lowest BCUT2D eigenvalue weighted by molar-refractivity contribution is -0.152. The van der Waals surface area contributed by atoms with Crippen LogP contribution in [0.1, 0.15) is 59.9 Å². The van der Waals surface area contributed by atoms with Crippen molar-refractivity contribution in [3.05, 3.63) is 35.9 Å². The topological polar surface area (TPSA) is 235 Å². The van der Waals surface area contributed by atoms with E-state index in [0.717, 1.165) is 0 Å². The number of alkyl carbamates (subject to hydrolysis) is 1. The number of esters is 1. The number of rotatable bonds is 16. The summed E-state index contributed by atoms with van der Waals surface area (Å²) in [5.74, 6) is -4.80. The number of hydrogen-bond donors (Lipinski definition) is 7. The Morgan fingerprint density at radius 2 is 1.39 bits per heavy atom. The van der Waals surface area contributed by atoms with Crippen molar-refractivity contribution in [2.24, 2.45) is 11.7 Å². The number of amides is 5. The number of primary amides is 1. The van der Waals surface area contributed by atoms with E-state index in [-0.39, 0.29) is 18.9 Å². The van der Waals surface area contributed by atoms with Crippen LogP contribution >= 0.6 is 0 Å². The Morgan fingerprint density at radius 3 is 1.89 bits per heavy atom. The number of nitrogens with two attached hydrogens (primary N) is 1. The van der Waals surface area contributed by atoms with E-state index >= 15 is 0 Å². The molecular formula is C29H45N5O10. The third-order valence-electron chi connectivity index (χ3n) is 5.83. The zero-order valence-electron chi connectivity index (χ0n) is 25.9. The smallest absolute Gasteiger partial charge is 0.408 e. The van der Waals surface area contributed by atoms with Crippen LogP contribution in [0.15, 0.2) is 30.3 Å². The minimum Gasteiger partial charge on any atom is -0.459 e. The van der Waals surface area contributed by atoms with Crippen LogP contribution in [-0.4, -0.2) is 88.4 Å². The molecule has 0 radical (unpaired) electrons. The van der Waals surface area contributed by atoms with Gasteiger partial charge in [-0.05, 0) is 45.6 Å². The first kappa shape index (κ1) is 37.8. The molecule has 8 N–H and O–H groups in total. The molecule has 0 heterocycles. The second-order valence-corrected chi connectivity index (χ2v) is 11.6. The van der Waals surface area contributed by atoms with E-state index in [0.29, 0.717) is 5.56 Å². The fraction of sp³-hybridized carbons (Fsp3) is 0.586. The molecule has 1 rings (SSSR count). The van der Waals surface area contributed by atoms with Gasteiger partial charge in [0.15, 0.2) is 6.04 Å². The van der Waals surface area contributed by atoms with Crippen LogP contribution in [0.25, 0.3) is 0 Å². The van der Waals surface area contributed by atoms with Crippen LogP contribution in [0.2, 0.25) is 0 Å². The van der Waals surface area contributed by atoms with Gasteiger partial charge < -0.3 is 46.7 Å². The number of carbonyl (C=O) groups is 6. The van der Waals surface area contributed by atoms with Crippen molar-refractivity contribution >= 4 is 35.7 Å². The van der Waals surface area contributed by atoms with E-state index in [2.05, 4.69) is 21.3 Å². The number of nitrogens with one attached hydrogen (secondary N) is 4. The highest BCUT2D eigenvalue weighted by atomic mass is 16.6. The molecule has 5 unspecified atom stereocenters. The summed E-state index contributed by atoms with van der Waals surface area (Å²) >= 11 is 0. The van der Waals surface area contributed by atoms with E-state index in [1.807, 2.05) is 0 Å². The van der Waals surface area contributed by atoms with E-state index < -0.39 is 84.6 Å². The first-order valence-electron chi connectivity index (χ1n) is 14.1. The van der Waals surface area contributed by atoms with E-state index in [1.165, 1.54) is 6.92 Å². The minimum atomic E-state index is -1.58. The maximum Gasteiger partial charge on any atom is 0.408 e. The molecule has 15 nitrogen and oxygen atoms in total. The highest BCUT2D eigenvalue weighted by molar-refractivity contribution is 5.96. The Labute approximate surface area is 256 Å². The number of aliphatic hydroxyl groups is 2. The lowest BCUT2D eigenvalue weighted by Crippen LogP contribution is -2.60. The molecule has 0 saturated heterocycles. The standard InChI is InChI=1S/C29H45N5O10/c1-16(2)12-19(31-25(39)20(13-22(30)37)33-28(42)44-29(4,5)6)24(38)32-21(14-35)26(40)34-23(17(3)36)27(41)43-15-18-10-8-7-9-11-18/h7-11,16-17,19-21,23,35-36H,12-15H2,1-6H3,(H2,30,37)(H,31,39)(H,32,38)(H,33,42)(H,34,40). The first-order valence-corrected chi connectivity index (χ1v) is 14.1. The quantitative estimate of drug-likeness (QED) is 0.115. The molecular weight excluding hydrogens is 578 g/mol. The largest absolute Gasteiger partial charge is 0.459 e. The van der Waals surface area contributed by atoms with Crippen molar-refractivity contribution < 1.29 is 48.5 Å². The Kier molecular flexibility index (Phi) is 15.3. The van der Waals surface area contributed by atoms with E-state index in [4.69, 9.17) is 15.2 Å². The molecule has 0 aliphatic rings. The fourth-order valence-corrected chi connectivity index (χ4v) is 3.75. The zero-order chi connectivity index (χ0) is 33.6. The fourth-order valence-electron chi connectivity index (χ4n) is 3.75. The minimum absolute atomic E-state index is 0.0647. The van der Waals surface area contributed by atoms with Gasteiger partial charge in [-0.15, -0.1) is 0 Å². The molecule has 1 aromatic rings. The van der Waals surface area contributed by atoms with Gasteiger partial charge in [-0.2, -0.15) is 0 Å². The first-order chi connectivity index (χ1) is 20.4. The third-order valence-corrected chi connectivity index (χ3v) is 5.83. The molecule has 0 aliphatic carbocycles. The number of aliphatic hydroxyl groups excluding tert-OH is 2. The number of ether oxygens (including phenoxy) is 2. The lowest BCUT2D eigenvalue weighted by Gasteiger charge is -2.27. The lowest BCUT2D eigenvalue weighted by atomic mass is 10.0. The second kappa shape index (κ2) is 17.8. The average Bonchev–Trinajstić information content (AvgIpc) is 2.91. The van der Waals surface area contributed by atoms with Gasteiger partial charge in [0.2, 0.25) is 23.6 Å². The van der Waals surface area contributed by atoms with Gasteiger partial charge >= 0.3 is 12.1 Å². The van der Waals surface area contributed by atoms with Gasteiger partial charge in [0.25, 0.3) is 0 Å². The molecule has 0 aromatic heterocycles. The highest BCUT2D eigenvalue weighted by Crippen LogP contribution is 2.10. The van der Waals surface area contributed by atoms with Crippen LogP contribution in [-0.2, 0) is 40.1 Å². The Balaban J connectivity index is 2.99. The molecule has 0 fully saturated rings. The normalized spacial score (nSPS) is 14.7. The summed E-state index contributed by atoms with van der Waals surface area (Å²) in [4.78, 5) is 75.6. The summed E-state index contributed by atoms with van der Waals surface area (Å²) in [6.45, 7) is 8.57. The average molecular weight is 624 g/mol. The van der Waals surface area contributed by atoms with Crippen LogP contribution < -0.4 is 27.0 Å². The maximum absolute atomic E-state index is 13.2. The van der Waals surface area contributed by atoms with E-state index in [1.54, 1.807) is 65.0 Å². The van der Waals surface area contributed by atoms with E-state index in [9.17, 15) is 39.0 Å². The van der Waals surface area contributed by atoms with Crippen LogP contribution in [0.4, 0.5) is 4.79 Å². The molecule has 44 heavy (non-hydrogen) atoms. The van der Waals surface area contributed by atoms with Crippen LogP contribution in [0, 0.1) is 5.92 Å². The van der Waals surface area contributed by atoms with Gasteiger partial charge in [0, 0.05) is 0 Å². The Hall–Kier alpha value is -4.24. The Morgan fingerprint density at radius 1 is 0.841 bits per heavy atom. The molecule has 0 saturated carbocycles. The third kappa shape index (κ3) is 14.3. The molecule has 246 valence electrons. The van der Waals surface area contributed by atoms with Crippen molar-refractivity contribution in [1.82, 2.24) is 21.3 Å². The molecule has 15 heteroatoms. The molecule has 1 aromatic carbocycles. The molecule has 0 aliphatic heterocycles. The Bertz CT molecular complexity index is 1140. The van der Waals surface area contributed by atoms with Gasteiger partial charge in [-0.3, -0.25) is 19.2 Å². The SMILES string of the molecule is CC(C)CC(NC(=O)C(CC(N)=O)NC(=O)OC(C)(C)C)C(=O)NC(CO)C(=O)NC(C(=O)OCc1ccccc1)C(C)O. The maximum atomic E-state index is 13.2. The van der Waals surface area contributed by atoms with Crippen molar-refractivity contribution in [3.8, 4) is 0 Å². The number of hydrogen-bond acceptors (Lipinski definition) is 10. The van der Waals surface area contributed by atoms with Crippen molar-refractivity contribution in [3.63, 3.8) is 0 Å². The molecule has 0 spiro atoms. The van der Waals surface area contributed by atoms with Crippen molar-refractivity contribution in [2.75, 3.05) is 6.61 Å². The van der Waals surface area contributed by atoms with Gasteiger partial charge in [-0.25, -0.2) is 9.59 Å². The van der Waals surface area contributed by atoms with Crippen molar-refractivity contribution in [2.45, 2.75) is 96.9 Å². The summed E-state index contributed by atoms with van der Waals surface area (Å²) in [5.41, 5.74) is 5.02. The predicted octanol–water partition coefficient (Wildman–Crippen LogP) is -0.628. The monoisotopic (exact) mass is 623 g/mol. The summed E-state index contributed by atoms with van der Waals surface area (Å²) in [6.07, 6.45) is -2.90. The summed E-state index contributed by atoms with van der Waals surface area (Å²) in [5, 5.41) is 29.3. The van der Waals surface area contributed by atoms with Crippen molar-refractivity contribution in [1.29, 1.82) is 0 Å². The summed E-state index contributed by atoms with van der Waals surface area (Å²) < 4.78 is 10.3. The second-order valence-electron chi connectivity index (χ2n) is 11.6. The summed E-state index contributed by atoms with van der Waals surface area (Å²) in [7, 11) is 0.